The van der Waals surface area contributed by atoms with Crippen molar-refractivity contribution in [3.63, 3.8) is 0 Å². The minimum absolute atomic E-state index is 0.119. The van der Waals surface area contributed by atoms with Gasteiger partial charge in [0.25, 0.3) is 5.69 Å². The van der Waals surface area contributed by atoms with Gasteiger partial charge >= 0.3 is 0 Å². The van der Waals surface area contributed by atoms with Crippen LogP contribution in [0.5, 0.6) is 0 Å². The van der Waals surface area contributed by atoms with Gasteiger partial charge in [-0.3, -0.25) is 10.1 Å². The van der Waals surface area contributed by atoms with Crippen molar-refractivity contribution in [2.45, 2.75) is 6.92 Å². The second-order valence-electron chi connectivity index (χ2n) is 3.34. The quantitative estimate of drug-likeness (QED) is 0.561. The normalized spacial score (nSPS) is 10.4. The van der Waals surface area contributed by atoms with Crippen LogP contribution in [0.2, 0.25) is 0 Å². The van der Waals surface area contributed by atoms with Crippen molar-refractivity contribution >= 4 is 11.4 Å². The fourth-order valence-electron chi connectivity index (χ4n) is 1.44. The molecular weight excluding hydrogens is 194 g/mol. The molecule has 0 aliphatic heterocycles. The molecule has 0 radical (unpaired) electrons. The number of benzene rings is 1. The standard InChI is InChI=1S/C10H15N3O2/c1-4-12(11(2)3)9-5-7-10(8-6-9)13(14)15/h5-8H,4H2,1-3H3. The van der Waals surface area contributed by atoms with Gasteiger partial charge in [0.1, 0.15) is 0 Å². The molecule has 1 aromatic carbocycles. The zero-order valence-electron chi connectivity index (χ0n) is 9.17. The first-order valence-electron chi connectivity index (χ1n) is 4.75. The molecule has 0 aromatic heterocycles. The van der Waals surface area contributed by atoms with Crippen LogP contribution in [0, 0.1) is 10.1 Å². The number of rotatable bonds is 4. The lowest BCUT2D eigenvalue weighted by atomic mass is 10.3. The summed E-state index contributed by atoms with van der Waals surface area (Å²) in [6, 6.07) is 6.53. The molecule has 0 heterocycles. The van der Waals surface area contributed by atoms with E-state index in [9.17, 15) is 10.1 Å². The molecule has 1 aromatic rings. The number of hydrogen-bond donors (Lipinski definition) is 0. The van der Waals surface area contributed by atoms with Crippen LogP contribution in [0.15, 0.2) is 24.3 Å². The van der Waals surface area contributed by atoms with Crippen molar-refractivity contribution in [1.29, 1.82) is 0 Å². The Hall–Kier alpha value is -1.62. The summed E-state index contributed by atoms with van der Waals surface area (Å²) in [7, 11) is 3.87. The van der Waals surface area contributed by atoms with E-state index in [2.05, 4.69) is 0 Å². The van der Waals surface area contributed by atoms with Crippen molar-refractivity contribution in [2.24, 2.45) is 0 Å². The summed E-state index contributed by atoms with van der Waals surface area (Å²) < 4.78 is 0. The molecule has 82 valence electrons. The fourth-order valence-corrected chi connectivity index (χ4v) is 1.44. The molecule has 0 unspecified atom stereocenters. The highest BCUT2D eigenvalue weighted by atomic mass is 16.6. The lowest BCUT2D eigenvalue weighted by Gasteiger charge is -2.29. The molecule has 0 N–H and O–H groups in total. The molecule has 0 aliphatic rings. The van der Waals surface area contributed by atoms with Gasteiger partial charge in [-0.15, -0.1) is 0 Å². The summed E-state index contributed by atoms with van der Waals surface area (Å²) in [6.07, 6.45) is 0. The van der Waals surface area contributed by atoms with Gasteiger partial charge in [-0.2, -0.15) is 0 Å². The van der Waals surface area contributed by atoms with Crippen LogP contribution in [-0.2, 0) is 0 Å². The van der Waals surface area contributed by atoms with Crippen LogP contribution in [0.4, 0.5) is 11.4 Å². The molecule has 0 amide bonds. The molecule has 0 spiro atoms. The molecule has 0 saturated carbocycles. The van der Waals surface area contributed by atoms with Gasteiger partial charge in [-0.1, -0.05) is 0 Å². The molecule has 0 atom stereocenters. The summed E-state index contributed by atoms with van der Waals surface area (Å²) in [6.45, 7) is 2.85. The third-order valence-corrected chi connectivity index (χ3v) is 2.14. The first-order chi connectivity index (χ1) is 7.06. The Morgan fingerprint density at radius 3 is 2.13 bits per heavy atom. The van der Waals surface area contributed by atoms with Crippen LogP contribution in [0.3, 0.4) is 0 Å². The summed E-state index contributed by atoms with van der Waals surface area (Å²) in [5, 5.41) is 14.4. The van der Waals surface area contributed by atoms with Gasteiger partial charge in [-0.05, 0) is 19.1 Å². The number of anilines is 1. The van der Waals surface area contributed by atoms with Crippen molar-refractivity contribution in [3.8, 4) is 0 Å². The highest BCUT2D eigenvalue weighted by Gasteiger charge is 2.09. The lowest BCUT2D eigenvalue weighted by Crippen LogP contribution is -2.36. The Labute approximate surface area is 89.0 Å². The topological polar surface area (TPSA) is 49.6 Å². The predicted molar refractivity (Wildman–Crippen MR) is 59.8 cm³/mol. The Kier molecular flexibility index (Phi) is 3.62. The molecule has 5 heteroatoms. The molecule has 1 rings (SSSR count). The van der Waals surface area contributed by atoms with Gasteiger partial charge in [0.05, 0.1) is 10.6 Å². The lowest BCUT2D eigenvalue weighted by molar-refractivity contribution is -0.384. The van der Waals surface area contributed by atoms with Gasteiger partial charge in [0.2, 0.25) is 0 Å². The minimum atomic E-state index is -0.393. The van der Waals surface area contributed by atoms with E-state index in [-0.39, 0.29) is 5.69 Å². The summed E-state index contributed by atoms with van der Waals surface area (Å²) >= 11 is 0. The number of nitro groups is 1. The monoisotopic (exact) mass is 209 g/mol. The first-order valence-corrected chi connectivity index (χ1v) is 4.75. The maximum absolute atomic E-state index is 10.5. The van der Waals surface area contributed by atoms with Gasteiger partial charge in [-0.25, -0.2) is 5.01 Å². The summed E-state index contributed by atoms with van der Waals surface area (Å²) in [5.74, 6) is 0. The van der Waals surface area contributed by atoms with Gasteiger partial charge in [0, 0.05) is 32.8 Å². The molecule has 0 aliphatic carbocycles. The van der Waals surface area contributed by atoms with Crippen LogP contribution >= 0.6 is 0 Å². The Balaban J connectivity index is 2.92. The van der Waals surface area contributed by atoms with Crippen LogP contribution in [0.1, 0.15) is 6.92 Å². The molecule has 0 bridgehead atoms. The number of nitrogens with zero attached hydrogens (tertiary/aromatic N) is 3. The van der Waals surface area contributed by atoms with E-state index in [0.717, 1.165) is 12.2 Å². The summed E-state index contributed by atoms with van der Waals surface area (Å²) in [5.41, 5.74) is 1.07. The Morgan fingerprint density at radius 1 is 1.27 bits per heavy atom. The highest BCUT2D eigenvalue weighted by Crippen LogP contribution is 2.19. The highest BCUT2D eigenvalue weighted by molar-refractivity contribution is 5.49. The van der Waals surface area contributed by atoms with E-state index in [1.807, 2.05) is 31.0 Å². The minimum Gasteiger partial charge on any atom is -0.307 e. The third-order valence-electron chi connectivity index (χ3n) is 2.14. The van der Waals surface area contributed by atoms with Crippen molar-refractivity contribution in [1.82, 2.24) is 5.01 Å². The summed E-state index contributed by atoms with van der Waals surface area (Å²) in [4.78, 5) is 10.1. The molecular formula is C10H15N3O2. The van der Waals surface area contributed by atoms with Crippen molar-refractivity contribution in [3.05, 3.63) is 34.4 Å². The van der Waals surface area contributed by atoms with E-state index < -0.39 is 4.92 Å². The smallest absolute Gasteiger partial charge is 0.269 e. The number of hydrazine groups is 1. The van der Waals surface area contributed by atoms with E-state index in [1.165, 1.54) is 12.1 Å². The molecule has 15 heavy (non-hydrogen) atoms. The first kappa shape index (κ1) is 11.5. The zero-order chi connectivity index (χ0) is 11.4. The number of hydrogen-bond acceptors (Lipinski definition) is 4. The molecule has 0 fully saturated rings. The maximum atomic E-state index is 10.5. The van der Waals surface area contributed by atoms with Crippen LogP contribution in [0.25, 0.3) is 0 Å². The van der Waals surface area contributed by atoms with Crippen LogP contribution < -0.4 is 5.01 Å². The second-order valence-corrected chi connectivity index (χ2v) is 3.34. The number of nitro benzene ring substituents is 1. The fraction of sp³-hybridized carbons (Fsp3) is 0.400. The molecule has 0 saturated heterocycles. The van der Waals surface area contributed by atoms with Gasteiger partial charge < -0.3 is 5.01 Å². The number of non-ortho nitro benzene ring substituents is 1. The zero-order valence-corrected chi connectivity index (χ0v) is 9.17. The van der Waals surface area contributed by atoms with E-state index >= 15 is 0 Å². The predicted octanol–water partition coefficient (Wildman–Crippen LogP) is 1.90. The van der Waals surface area contributed by atoms with Crippen molar-refractivity contribution in [2.75, 3.05) is 25.6 Å². The Morgan fingerprint density at radius 2 is 1.80 bits per heavy atom. The van der Waals surface area contributed by atoms with Crippen molar-refractivity contribution < 1.29 is 4.92 Å². The Bertz CT molecular complexity index is 335. The average Bonchev–Trinajstić information content (AvgIpc) is 2.19. The maximum Gasteiger partial charge on any atom is 0.269 e. The van der Waals surface area contributed by atoms with Crippen LogP contribution in [-0.4, -0.2) is 30.6 Å². The second kappa shape index (κ2) is 4.75. The largest absolute Gasteiger partial charge is 0.307 e. The van der Waals surface area contributed by atoms with E-state index in [1.54, 1.807) is 12.1 Å². The third kappa shape index (κ3) is 2.66. The van der Waals surface area contributed by atoms with E-state index in [4.69, 9.17) is 0 Å². The van der Waals surface area contributed by atoms with Gasteiger partial charge in [0.15, 0.2) is 0 Å². The molecule has 5 nitrogen and oxygen atoms in total. The SMILES string of the molecule is CCN(c1ccc([N+](=O)[O-])cc1)N(C)C. The van der Waals surface area contributed by atoms with E-state index in [0.29, 0.717) is 0 Å². The average molecular weight is 209 g/mol.